The lowest BCUT2D eigenvalue weighted by Crippen LogP contribution is -2.30. The first kappa shape index (κ1) is 19.2. The second-order valence-corrected chi connectivity index (χ2v) is 6.36. The van der Waals surface area contributed by atoms with Gasteiger partial charge in [0.05, 0.1) is 0 Å². The fourth-order valence-electron chi connectivity index (χ4n) is 2.55. The molecule has 1 unspecified atom stereocenters. The van der Waals surface area contributed by atoms with Gasteiger partial charge < -0.3 is 10.1 Å². The maximum absolute atomic E-state index is 12.3. The minimum Gasteiger partial charge on any atom is -0.447 e. The van der Waals surface area contributed by atoms with Crippen molar-refractivity contribution in [2.24, 2.45) is 0 Å². The van der Waals surface area contributed by atoms with Gasteiger partial charge in [0.25, 0.3) is 17.5 Å². The first-order valence-electron chi connectivity index (χ1n) is 8.58. The summed E-state index contributed by atoms with van der Waals surface area (Å²) in [7, 11) is 0. The number of aryl methyl sites for hydroxylation is 2. The molecule has 0 saturated carbocycles. The lowest BCUT2D eigenvalue weighted by Gasteiger charge is -2.12. The van der Waals surface area contributed by atoms with Crippen LogP contribution in [0.15, 0.2) is 30.3 Å². The largest absolute Gasteiger partial charge is 0.447 e. The van der Waals surface area contributed by atoms with E-state index in [-0.39, 0.29) is 17.4 Å². The van der Waals surface area contributed by atoms with Gasteiger partial charge in [0, 0.05) is 22.6 Å². The second-order valence-electron chi connectivity index (χ2n) is 6.36. The lowest BCUT2D eigenvalue weighted by molar-refractivity contribution is -0.123. The molecular formula is C19H19N5O4. The molecule has 0 fully saturated rings. The van der Waals surface area contributed by atoms with Crippen molar-refractivity contribution in [3.63, 3.8) is 0 Å². The number of aromatic nitrogens is 4. The smallest absolute Gasteiger partial charge is 0.379 e. The van der Waals surface area contributed by atoms with Crippen molar-refractivity contribution in [2.45, 2.75) is 33.8 Å². The summed E-state index contributed by atoms with van der Waals surface area (Å²) in [6, 6.07) is 8.22. The molecule has 0 radical (unpaired) electrons. The standard InChI is InChI=1S/C19H19N5O4/c1-10-9-11(2)24-19(20-10)22-16(23-24)18(27)28-13(4)17(26)21-15-7-5-14(6-8-15)12(3)25/h5-9,13H,1-4H3,(H,21,26). The number of ether oxygens (including phenoxy) is 1. The van der Waals surface area contributed by atoms with Gasteiger partial charge in [0.15, 0.2) is 11.9 Å². The maximum Gasteiger partial charge on any atom is 0.379 e. The fraction of sp³-hybridized carbons (Fsp3) is 0.263. The Labute approximate surface area is 160 Å². The minimum absolute atomic E-state index is 0.0694. The number of amides is 1. The first-order valence-corrected chi connectivity index (χ1v) is 8.58. The molecule has 9 heteroatoms. The van der Waals surface area contributed by atoms with Crippen LogP contribution in [0.4, 0.5) is 5.69 Å². The van der Waals surface area contributed by atoms with E-state index < -0.39 is 18.0 Å². The van der Waals surface area contributed by atoms with E-state index >= 15 is 0 Å². The molecule has 1 amide bonds. The van der Waals surface area contributed by atoms with E-state index in [4.69, 9.17) is 4.74 Å². The van der Waals surface area contributed by atoms with Gasteiger partial charge in [-0.1, -0.05) is 0 Å². The topological polar surface area (TPSA) is 116 Å². The number of ketones is 1. The number of fused-ring (bicyclic) bond motifs is 1. The zero-order valence-electron chi connectivity index (χ0n) is 15.9. The fourth-order valence-corrected chi connectivity index (χ4v) is 2.55. The Morgan fingerprint density at radius 3 is 2.43 bits per heavy atom. The number of carbonyl (C=O) groups is 3. The zero-order chi connectivity index (χ0) is 20.4. The molecule has 1 aromatic carbocycles. The van der Waals surface area contributed by atoms with E-state index in [0.29, 0.717) is 11.3 Å². The Morgan fingerprint density at radius 1 is 1.11 bits per heavy atom. The van der Waals surface area contributed by atoms with Crippen LogP contribution < -0.4 is 5.32 Å². The SMILES string of the molecule is CC(=O)c1ccc(NC(=O)C(C)OC(=O)c2nc3nc(C)cc(C)n3n2)cc1. The molecule has 2 aromatic heterocycles. The third-order valence-corrected chi connectivity index (χ3v) is 4.01. The molecule has 28 heavy (non-hydrogen) atoms. The molecule has 3 rings (SSSR count). The molecule has 1 atom stereocenters. The molecule has 2 heterocycles. The summed E-state index contributed by atoms with van der Waals surface area (Å²) in [4.78, 5) is 44.1. The highest BCUT2D eigenvalue weighted by Gasteiger charge is 2.23. The highest BCUT2D eigenvalue weighted by atomic mass is 16.5. The number of carbonyl (C=O) groups excluding carboxylic acids is 3. The Hall–Kier alpha value is -3.62. The van der Waals surface area contributed by atoms with E-state index in [1.54, 1.807) is 24.3 Å². The molecule has 3 aromatic rings. The predicted molar refractivity (Wildman–Crippen MR) is 100 cm³/mol. The number of esters is 1. The monoisotopic (exact) mass is 381 g/mol. The van der Waals surface area contributed by atoms with E-state index in [9.17, 15) is 14.4 Å². The molecule has 0 saturated heterocycles. The van der Waals surface area contributed by atoms with Crippen LogP contribution in [0.25, 0.3) is 5.78 Å². The van der Waals surface area contributed by atoms with Crippen molar-refractivity contribution >= 4 is 29.1 Å². The number of nitrogens with one attached hydrogen (secondary N) is 1. The number of hydrogen-bond acceptors (Lipinski definition) is 7. The quantitative estimate of drug-likeness (QED) is 0.531. The van der Waals surface area contributed by atoms with Crippen molar-refractivity contribution in [2.75, 3.05) is 5.32 Å². The van der Waals surface area contributed by atoms with Crippen molar-refractivity contribution in [3.05, 3.63) is 53.1 Å². The number of rotatable bonds is 5. The summed E-state index contributed by atoms with van der Waals surface area (Å²) in [6.45, 7) is 6.54. The van der Waals surface area contributed by atoms with E-state index in [1.807, 2.05) is 19.9 Å². The second kappa shape index (κ2) is 7.55. The zero-order valence-corrected chi connectivity index (χ0v) is 15.9. The average molecular weight is 381 g/mol. The molecule has 144 valence electrons. The Morgan fingerprint density at radius 2 is 1.79 bits per heavy atom. The summed E-state index contributed by atoms with van der Waals surface area (Å²) >= 11 is 0. The van der Waals surface area contributed by atoms with Gasteiger partial charge >= 0.3 is 5.97 Å². The van der Waals surface area contributed by atoms with Crippen LogP contribution in [-0.4, -0.2) is 43.3 Å². The molecule has 9 nitrogen and oxygen atoms in total. The first-order chi connectivity index (χ1) is 13.2. The van der Waals surface area contributed by atoms with Gasteiger partial charge in [-0.2, -0.15) is 4.98 Å². The van der Waals surface area contributed by atoms with Crippen LogP contribution in [0.1, 0.15) is 46.2 Å². The number of hydrogen-bond donors (Lipinski definition) is 1. The summed E-state index contributed by atoms with van der Waals surface area (Å²) in [6.07, 6.45) is -1.07. The van der Waals surface area contributed by atoms with Crippen LogP contribution in [-0.2, 0) is 9.53 Å². The Kier molecular flexibility index (Phi) is 5.16. The lowest BCUT2D eigenvalue weighted by atomic mass is 10.1. The highest BCUT2D eigenvalue weighted by Crippen LogP contribution is 2.12. The molecular weight excluding hydrogens is 362 g/mol. The maximum atomic E-state index is 12.3. The summed E-state index contributed by atoms with van der Waals surface area (Å²) in [5.74, 6) is -1.30. The Bertz CT molecular complexity index is 1070. The predicted octanol–water partition coefficient (Wildman–Crippen LogP) is 2.13. The van der Waals surface area contributed by atoms with Crippen molar-refractivity contribution in [1.29, 1.82) is 0 Å². The van der Waals surface area contributed by atoms with Crippen LogP contribution >= 0.6 is 0 Å². The van der Waals surface area contributed by atoms with Crippen molar-refractivity contribution in [1.82, 2.24) is 19.6 Å². The number of anilines is 1. The molecule has 0 aliphatic rings. The molecule has 0 aliphatic carbocycles. The van der Waals surface area contributed by atoms with Crippen LogP contribution in [0.3, 0.4) is 0 Å². The van der Waals surface area contributed by atoms with Crippen molar-refractivity contribution in [3.8, 4) is 0 Å². The number of benzene rings is 1. The number of Topliss-reactive ketones (excluding diaryl/α,β-unsaturated/α-hetero) is 1. The third kappa shape index (κ3) is 4.03. The summed E-state index contributed by atoms with van der Waals surface area (Å²) in [5.41, 5.74) is 2.54. The van der Waals surface area contributed by atoms with E-state index in [2.05, 4.69) is 20.4 Å². The van der Waals surface area contributed by atoms with Gasteiger partial charge in [-0.15, -0.1) is 5.10 Å². The van der Waals surface area contributed by atoms with Gasteiger partial charge in [-0.25, -0.2) is 14.3 Å². The van der Waals surface area contributed by atoms with Gasteiger partial charge in [-0.3, -0.25) is 9.59 Å². The van der Waals surface area contributed by atoms with E-state index in [0.717, 1.165) is 11.4 Å². The molecule has 0 bridgehead atoms. The van der Waals surface area contributed by atoms with Crippen LogP contribution in [0.5, 0.6) is 0 Å². The van der Waals surface area contributed by atoms with Gasteiger partial charge in [0.1, 0.15) is 0 Å². The van der Waals surface area contributed by atoms with E-state index in [1.165, 1.54) is 18.4 Å². The summed E-state index contributed by atoms with van der Waals surface area (Å²) < 4.78 is 6.60. The average Bonchev–Trinajstić information content (AvgIpc) is 3.06. The van der Waals surface area contributed by atoms with Gasteiger partial charge in [0.2, 0.25) is 0 Å². The van der Waals surface area contributed by atoms with Gasteiger partial charge in [-0.05, 0) is 58.0 Å². The minimum atomic E-state index is -1.07. The summed E-state index contributed by atoms with van der Waals surface area (Å²) in [5, 5.41) is 6.70. The highest BCUT2D eigenvalue weighted by molar-refractivity contribution is 5.98. The van der Waals surface area contributed by atoms with Crippen molar-refractivity contribution < 1.29 is 19.1 Å². The normalized spacial score (nSPS) is 11.9. The molecule has 0 spiro atoms. The van der Waals surface area contributed by atoms with Crippen LogP contribution in [0, 0.1) is 13.8 Å². The molecule has 0 aliphatic heterocycles. The Balaban J connectivity index is 1.67. The third-order valence-electron chi connectivity index (χ3n) is 4.01. The number of nitrogens with zero attached hydrogens (tertiary/aromatic N) is 4. The van der Waals surface area contributed by atoms with Crippen LogP contribution in [0.2, 0.25) is 0 Å². The molecule has 1 N–H and O–H groups in total.